The molecule has 70 valence electrons. The molecule has 0 saturated carbocycles. The van der Waals surface area contributed by atoms with Crippen LogP contribution in [-0.4, -0.2) is 11.0 Å². The number of hydrogen-bond donors (Lipinski definition) is 1. The van der Waals surface area contributed by atoms with E-state index in [1.165, 1.54) is 0 Å². The fourth-order valence-corrected chi connectivity index (χ4v) is 1.39. The molecule has 0 aliphatic carbocycles. The van der Waals surface area contributed by atoms with Crippen molar-refractivity contribution in [2.45, 2.75) is 13.8 Å². The molecule has 13 heavy (non-hydrogen) atoms. The Labute approximate surface area is 83.7 Å². The largest absolute Gasteiger partial charge is 0.507 e. The topological polar surface area (TPSA) is 20.2 Å². The maximum absolute atomic E-state index is 9.52. The molecule has 1 nitrogen and oxygen atoms in total. The van der Waals surface area contributed by atoms with Gasteiger partial charge in [0.2, 0.25) is 0 Å². The van der Waals surface area contributed by atoms with Gasteiger partial charge < -0.3 is 5.11 Å². The van der Waals surface area contributed by atoms with Crippen LogP contribution in [0.25, 0.3) is 5.57 Å². The fraction of sp³-hybridized carbons (Fsp3) is 0.273. The van der Waals surface area contributed by atoms with Crippen molar-refractivity contribution < 1.29 is 5.11 Å². The lowest BCUT2D eigenvalue weighted by atomic mass is 10.0. The SMILES string of the molecule is C=C(CCl)c1cc(C)c(O)c(C)c1. The Balaban J connectivity index is 3.20. The predicted octanol–water partition coefficient (Wildman–Crippen LogP) is 3.26. The zero-order chi connectivity index (χ0) is 10.0. The second-order valence-corrected chi connectivity index (χ2v) is 3.46. The van der Waals surface area contributed by atoms with E-state index < -0.39 is 0 Å². The summed E-state index contributed by atoms with van der Waals surface area (Å²) in [5.74, 6) is 0.773. The smallest absolute Gasteiger partial charge is 0.121 e. The fourth-order valence-electron chi connectivity index (χ4n) is 1.24. The molecule has 0 aromatic heterocycles. The number of aromatic hydroxyl groups is 1. The zero-order valence-electron chi connectivity index (χ0n) is 7.89. The van der Waals surface area contributed by atoms with E-state index in [1.807, 2.05) is 26.0 Å². The summed E-state index contributed by atoms with van der Waals surface area (Å²) < 4.78 is 0. The second kappa shape index (κ2) is 3.84. The van der Waals surface area contributed by atoms with Crippen molar-refractivity contribution in [1.82, 2.24) is 0 Å². The zero-order valence-corrected chi connectivity index (χ0v) is 8.65. The molecule has 0 radical (unpaired) electrons. The monoisotopic (exact) mass is 196 g/mol. The number of rotatable bonds is 2. The average Bonchev–Trinajstić information content (AvgIpc) is 2.12. The van der Waals surface area contributed by atoms with Crippen LogP contribution >= 0.6 is 11.6 Å². The summed E-state index contributed by atoms with van der Waals surface area (Å²) >= 11 is 5.67. The van der Waals surface area contributed by atoms with Crippen molar-refractivity contribution in [2.75, 3.05) is 5.88 Å². The average molecular weight is 197 g/mol. The Bertz CT molecular complexity index is 319. The maximum Gasteiger partial charge on any atom is 0.121 e. The minimum atomic E-state index is 0.353. The van der Waals surface area contributed by atoms with Crippen LogP contribution < -0.4 is 0 Å². The molecule has 0 heterocycles. The lowest BCUT2D eigenvalue weighted by molar-refractivity contribution is 0.467. The third-order valence-electron chi connectivity index (χ3n) is 2.06. The Morgan fingerprint density at radius 3 is 2.23 bits per heavy atom. The number of allylic oxidation sites excluding steroid dienone is 1. The summed E-state index contributed by atoms with van der Waals surface area (Å²) in [6, 6.07) is 3.79. The van der Waals surface area contributed by atoms with Gasteiger partial charge in [0.05, 0.1) is 0 Å². The van der Waals surface area contributed by atoms with E-state index in [0.717, 1.165) is 22.3 Å². The van der Waals surface area contributed by atoms with Crippen LogP contribution in [0.3, 0.4) is 0 Å². The highest BCUT2D eigenvalue weighted by molar-refractivity contribution is 6.23. The summed E-state index contributed by atoms with van der Waals surface area (Å²) in [4.78, 5) is 0. The normalized spacial score (nSPS) is 10.1. The van der Waals surface area contributed by atoms with Crippen molar-refractivity contribution in [3.8, 4) is 5.75 Å². The molecule has 0 spiro atoms. The summed E-state index contributed by atoms with van der Waals surface area (Å²) in [6.07, 6.45) is 0. The first kappa shape index (κ1) is 10.1. The Kier molecular flexibility index (Phi) is 2.99. The van der Waals surface area contributed by atoms with Gasteiger partial charge >= 0.3 is 0 Å². The van der Waals surface area contributed by atoms with Gasteiger partial charge in [-0.25, -0.2) is 0 Å². The van der Waals surface area contributed by atoms with Gasteiger partial charge in [-0.05, 0) is 48.2 Å². The summed E-state index contributed by atoms with van der Waals surface area (Å²) in [5, 5.41) is 9.52. The standard InChI is InChI=1S/C11H13ClO/c1-7-4-10(9(3)6-12)5-8(2)11(7)13/h4-5,13H,3,6H2,1-2H3. The third-order valence-corrected chi connectivity index (χ3v) is 2.38. The van der Waals surface area contributed by atoms with Crippen LogP contribution in [-0.2, 0) is 0 Å². The summed E-state index contributed by atoms with van der Waals surface area (Å²) in [5.41, 5.74) is 3.61. The Morgan fingerprint density at radius 1 is 1.38 bits per heavy atom. The minimum Gasteiger partial charge on any atom is -0.507 e. The van der Waals surface area contributed by atoms with Gasteiger partial charge in [0.25, 0.3) is 0 Å². The molecule has 0 fully saturated rings. The van der Waals surface area contributed by atoms with Gasteiger partial charge in [0.15, 0.2) is 0 Å². The third kappa shape index (κ3) is 2.04. The molecule has 0 bridgehead atoms. The molecule has 1 N–H and O–H groups in total. The van der Waals surface area contributed by atoms with E-state index in [-0.39, 0.29) is 0 Å². The quantitative estimate of drug-likeness (QED) is 0.720. The van der Waals surface area contributed by atoms with E-state index in [1.54, 1.807) is 0 Å². The molecule has 0 amide bonds. The van der Waals surface area contributed by atoms with Crippen LogP contribution in [0, 0.1) is 13.8 Å². The first-order valence-electron chi connectivity index (χ1n) is 4.10. The highest BCUT2D eigenvalue weighted by Crippen LogP contribution is 2.26. The van der Waals surface area contributed by atoms with Gasteiger partial charge in [-0.2, -0.15) is 0 Å². The highest BCUT2D eigenvalue weighted by Gasteiger charge is 2.04. The molecule has 0 saturated heterocycles. The number of halogens is 1. The van der Waals surface area contributed by atoms with Crippen molar-refractivity contribution in [3.63, 3.8) is 0 Å². The van der Waals surface area contributed by atoms with E-state index in [4.69, 9.17) is 11.6 Å². The van der Waals surface area contributed by atoms with Crippen LogP contribution in [0.1, 0.15) is 16.7 Å². The van der Waals surface area contributed by atoms with Crippen LogP contribution in [0.2, 0.25) is 0 Å². The highest BCUT2D eigenvalue weighted by atomic mass is 35.5. The van der Waals surface area contributed by atoms with Gasteiger partial charge in [0, 0.05) is 5.88 Å². The summed E-state index contributed by atoms with van der Waals surface area (Å²) in [7, 11) is 0. The first-order chi connectivity index (χ1) is 6.06. The molecule has 0 unspecified atom stereocenters. The molecule has 1 rings (SSSR count). The van der Waals surface area contributed by atoms with Gasteiger partial charge in [-0.15, -0.1) is 11.6 Å². The molecule has 0 aliphatic rings. The van der Waals surface area contributed by atoms with E-state index >= 15 is 0 Å². The van der Waals surface area contributed by atoms with E-state index in [2.05, 4.69) is 6.58 Å². The van der Waals surface area contributed by atoms with Crippen LogP contribution in [0.15, 0.2) is 18.7 Å². The van der Waals surface area contributed by atoms with Crippen molar-refractivity contribution >= 4 is 17.2 Å². The molecular formula is C11H13ClO. The number of alkyl halides is 1. The number of benzene rings is 1. The van der Waals surface area contributed by atoms with Gasteiger partial charge in [0.1, 0.15) is 5.75 Å². The Hall–Kier alpha value is -0.950. The minimum absolute atomic E-state index is 0.353. The molecular weight excluding hydrogens is 184 g/mol. The number of hydrogen-bond acceptors (Lipinski definition) is 1. The predicted molar refractivity (Wildman–Crippen MR) is 57.3 cm³/mol. The second-order valence-electron chi connectivity index (χ2n) is 3.20. The number of phenolic OH excluding ortho intramolecular Hbond substituents is 1. The van der Waals surface area contributed by atoms with Crippen molar-refractivity contribution in [1.29, 1.82) is 0 Å². The van der Waals surface area contributed by atoms with Crippen LogP contribution in [0.5, 0.6) is 5.75 Å². The van der Waals surface area contributed by atoms with Crippen LogP contribution in [0.4, 0.5) is 0 Å². The van der Waals surface area contributed by atoms with Crippen molar-refractivity contribution in [2.24, 2.45) is 0 Å². The molecule has 0 aliphatic heterocycles. The molecule has 2 heteroatoms. The number of aryl methyl sites for hydroxylation is 2. The van der Waals surface area contributed by atoms with Gasteiger partial charge in [-0.3, -0.25) is 0 Å². The number of phenols is 1. The van der Waals surface area contributed by atoms with Gasteiger partial charge in [-0.1, -0.05) is 6.58 Å². The van der Waals surface area contributed by atoms with E-state index in [9.17, 15) is 5.11 Å². The molecule has 1 aromatic carbocycles. The van der Waals surface area contributed by atoms with E-state index in [0.29, 0.717) is 11.6 Å². The molecule has 0 atom stereocenters. The summed E-state index contributed by atoms with van der Waals surface area (Å²) in [6.45, 7) is 7.58. The lowest BCUT2D eigenvalue weighted by Gasteiger charge is -2.08. The Morgan fingerprint density at radius 2 is 1.85 bits per heavy atom. The molecule has 1 aromatic rings. The first-order valence-corrected chi connectivity index (χ1v) is 4.64. The van der Waals surface area contributed by atoms with Crippen molar-refractivity contribution in [3.05, 3.63) is 35.4 Å². The lowest BCUT2D eigenvalue weighted by Crippen LogP contribution is -1.88. The maximum atomic E-state index is 9.52.